The Labute approximate surface area is 108 Å². The van der Waals surface area contributed by atoms with Crippen LogP contribution in [0.3, 0.4) is 0 Å². The molecule has 1 unspecified atom stereocenters. The molecule has 0 spiro atoms. The van der Waals surface area contributed by atoms with Gasteiger partial charge in [-0.15, -0.1) is 0 Å². The third kappa shape index (κ3) is 3.98. The van der Waals surface area contributed by atoms with Gasteiger partial charge in [0.25, 0.3) is 0 Å². The molecule has 1 atom stereocenters. The van der Waals surface area contributed by atoms with Gasteiger partial charge in [0, 0.05) is 24.1 Å². The van der Waals surface area contributed by atoms with Crippen LogP contribution in [0, 0.1) is 5.92 Å². The van der Waals surface area contributed by atoms with Crippen molar-refractivity contribution >= 4 is 11.6 Å². The monoisotopic (exact) mass is 253 g/mol. The van der Waals surface area contributed by atoms with Crippen molar-refractivity contribution in [3.8, 4) is 0 Å². The van der Waals surface area contributed by atoms with Crippen molar-refractivity contribution in [2.45, 2.75) is 18.8 Å². The van der Waals surface area contributed by atoms with E-state index in [4.69, 9.17) is 16.3 Å². The summed E-state index contributed by atoms with van der Waals surface area (Å²) in [6.07, 6.45) is 2.67. The van der Waals surface area contributed by atoms with Gasteiger partial charge in [-0.05, 0) is 37.4 Å². The first kappa shape index (κ1) is 12.9. The molecule has 0 amide bonds. The predicted molar refractivity (Wildman–Crippen MR) is 71.7 cm³/mol. The first-order valence-corrected chi connectivity index (χ1v) is 6.66. The van der Waals surface area contributed by atoms with Gasteiger partial charge in [-0.1, -0.05) is 29.8 Å². The van der Waals surface area contributed by atoms with E-state index in [-0.39, 0.29) is 0 Å². The van der Waals surface area contributed by atoms with Crippen molar-refractivity contribution in [3.05, 3.63) is 34.9 Å². The highest BCUT2D eigenvalue weighted by Gasteiger charge is 2.22. The van der Waals surface area contributed by atoms with E-state index in [1.54, 1.807) is 0 Å². The number of rotatable bonds is 7. The minimum Gasteiger partial charge on any atom is -0.380 e. The SMILES string of the molecule is CNCC(COCC1CC1)c1ccccc1Cl. The summed E-state index contributed by atoms with van der Waals surface area (Å²) in [5.74, 6) is 1.16. The lowest BCUT2D eigenvalue weighted by Crippen LogP contribution is -2.22. The molecule has 1 aliphatic rings. The Morgan fingerprint density at radius 2 is 2.18 bits per heavy atom. The van der Waals surface area contributed by atoms with E-state index in [1.165, 1.54) is 18.4 Å². The van der Waals surface area contributed by atoms with E-state index in [2.05, 4.69) is 11.4 Å². The van der Waals surface area contributed by atoms with Gasteiger partial charge >= 0.3 is 0 Å². The molecule has 1 saturated carbocycles. The van der Waals surface area contributed by atoms with Crippen LogP contribution in [-0.2, 0) is 4.74 Å². The zero-order valence-corrected chi connectivity index (χ0v) is 11.0. The van der Waals surface area contributed by atoms with Crippen LogP contribution in [0.4, 0.5) is 0 Å². The lowest BCUT2D eigenvalue weighted by Gasteiger charge is -2.18. The summed E-state index contributed by atoms with van der Waals surface area (Å²) in [5.41, 5.74) is 1.18. The van der Waals surface area contributed by atoms with Gasteiger partial charge in [0.2, 0.25) is 0 Å². The highest BCUT2D eigenvalue weighted by Crippen LogP contribution is 2.30. The normalized spacial score (nSPS) is 17.1. The van der Waals surface area contributed by atoms with Gasteiger partial charge in [-0.2, -0.15) is 0 Å². The van der Waals surface area contributed by atoms with Crippen LogP contribution in [0.1, 0.15) is 24.3 Å². The Morgan fingerprint density at radius 1 is 1.41 bits per heavy atom. The molecule has 0 radical (unpaired) electrons. The Kier molecular flexibility index (Phi) is 4.84. The van der Waals surface area contributed by atoms with Crippen LogP contribution in [0.25, 0.3) is 0 Å². The largest absolute Gasteiger partial charge is 0.380 e. The van der Waals surface area contributed by atoms with Crippen molar-refractivity contribution in [3.63, 3.8) is 0 Å². The van der Waals surface area contributed by atoms with Crippen LogP contribution in [0.15, 0.2) is 24.3 Å². The number of halogens is 1. The Morgan fingerprint density at radius 3 is 2.82 bits per heavy atom. The molecule has 0 aliphatic heterocycles. The van der Waals surface area contributed by atoms with Crippen LogP contribution in [0.5, 0.6) is 0 Å². The first-order valence-electron chi connectivity index (χ1n) is 6.28. The van der Waals surface area contributed by atoms with Crippen molar-refractivity contribution in [2.75, 3.05) is 26.8 Å². The molecule has 94 valence electrons. The zero-order chi connectivity index (χ0) is 12.1. The van der Waals surface area contributed by atoms with Gasteiger partial charge in [0.05, 0.1) is 6.61 Å². The molecular weight excluding hydrogens is 234 g/mol. The Balaban J connectivity index is 1.92. The van der Waals surface area contributed by atoms with Gasteiger partial charge in [-0.25, -0.2) is 0 Å². The highest BCUT2D eigenvalue weighted by atomic mass is 35.5. The van der Waals surface area contributed by atoms with Gasteiger partial charge < -0.3 is 10.1 Å². The standard InChI is InChI=1S/C14H20ClNO/c1-16-8-12(10-17-9-11-6-7-11)13-4-2-3-5-14(13)15/h2-5,11-12,16H,6-10H2,1H3. The maximum absolute atomic E-state index is 6.23. The number of ether oxygens (including phenoxy) is 1. The summed E-state index contributed by atoms with van der Waals surface area (Å²) in [4.78, 5) is 0. The lowest BCUT2D eigenvalue weighted by molar-refractivity contribution is 0.111. The van der Waals surface area contributed by atoms with Crippen LogP contribution >= 0.6 is 11.6 Å². The Bertz CT molecular complexity index is 352. The van der Waals surface area contributed by atoms with Crippen molar-refractivity contribution < 1.29 is 4.74 Å². The van der Waals surface area contributed by atoms with Crippen LogP contribution in [0.2, 0.25) is 5.02 Å². The quantitative estimate of drug-likeness (QED) is 0.807. The maximum atomic E-state index is 6.23. The second kappa shape index (κ2) is 6.39. The molecule has 17 heavy (non-hydrogen) atoms. The summed E-state index contributed by atoms with van der Waals surface area (Å²) in [6.45, 7) is 2.56. The van der Waals surface area contributed by atoms with Gasteiger partial charge in [-0.3, -0.25) is 0 Å². The number of likely N-dealkylation sites (N-methyl/N-ethyl adjacent to an activating group) is 1. The molecule has 1 aromatic rings. The first-order chi connectivity index (χ1) is 8.31. The van der Waals surface area contributed by atoms with E-state index < -0.39 is 0 Å². The number of benzene rings is 1. The van der Waals surface area contributed by atoms with Crippen LogP contribution in [-0.4, -0.2) is 26.8 Å². The molecule has 1 fully saturated rings. The summed E-state index contributed by atoms with van der Waals surface area (Å²) >= 11 is 6.23. The fraction of sp³-hybridized carbons (Fsp3) is 0.571. The predicted octanol–water partition coefficient (Wildman–Crippen LogP) is 3.07. The van der Waals surface area contributed by atoms with E-state index in [9.17, 15) is 0 Å². The minimum absolute atomic E-state index is 0.340. The van der Waals surface area contributed by atoms with Crippen molar-refractivity contribution in [1.29, 1.82) is 0 Å². The smallest absolute Gasteiger partial charge is 0.0547 e. The molecule has 3 heteroatoms. The minimum atomic E-state index is 0.340. The summed E-state index contributed by atoms with van der Waals surface area (Å²) in [5, 5.41) is 4.04. The molecule has 2 nitrogen and oxygen atoms in total. The molecule has 0 aromatic heterocycles. The van der Waals surface area contributed by atoms with Crippen molar-refractivity contribution in [1.82, 2.24) is 5.32 Å². The third-order valence-corrected chi connectivity index (χ3v) is 3.51. The number of nitrogens with one attached hydrogen (secondary N) is 1. The second-order valence-electron chi connectivity index (χ2n) is 4.76. The van der Waals surface area contributed by atoms with E-state index in [1.807, 2.05) is 25.2 Å². The third-order valence-electron chi connectivity index (χ3n) is 3.17. The highest BCUT2D eigenvalue weighted by molar-refractivity contribution is 6.31. The van der Waals surface area contributed by atoms with Gasteiger partial charge in [0.15, 0.2) is 0 Å². The topological polar surface area (TPSA) is 21.3 Å². The summed E-state index contributed by atoms with van der Waals surface area (Å²) in [7, 11) is 1.96. The molecule has 2 rings (SSSR count). The Hall–Kier alpha value is -0.570. The summed E-state index contributed by atoms with van der Waals surface area (Å²) < 4.78 is 5.78. The number of hydrogen-bond donors (Lipinski definition) is 1. The number of hydrogen-bond acceptors (Lipinski definition) is 2. The average molecular weight is 254 g/mol. The molecule has 1 N–H and O–H groups in total. The van der Waals surface area contributed by atoms with E-state index >= 15 is 0 Å². The van der Waals surface area contributed by atoms with E-state index in [0.717, 1.165) is 30.7 Å². The van der Waals surface area contributed by atoms with Gasteiger partial charge in [0.1, 0.15) is 0 Å². The van der Waals surface area contributed by atoms with Crippen molar-refractivity contribution in [2.24, 2.45) is 5.92 Å². The fourth-order valence-corrected chi connectivity index (χ4v) is 2.26. The molecule has 1 aromatic carbocycles. The zero-order valence-electron chi connectivity index (χ0n) is 10.3. The second-order valence-corrected chi connectivity index (χ2v) is 5.16. The molecule has 0 bridgehead atoms. The average Bonchev–Trinajstić information content (AvgIpc) is 3.13. The lowest BCUT2D eigenvalue weighted by atomic mass is 10.00. The van der Waals surface area contributed by atoms with E-state index in [0.29, 0.717) is 5.92 Å². The molecule has 0 heterocycles. The molecule has 1 aliphatic carbocycles. The maximum Gasteiger partial charge on any atom is 0.0547 e. The summed E-state index contributed by atoms with van der Waals surface area (Å²) in [6, 6.07) is 8.03. The molecule has 0 saturated heterocycles. The fourth-order valence-electron chi connectivity index (χ4n) is 1.97. The molecular formula is C14H20ClNO. The van der Waals surface area contributed by atoms with Crippen LogP contribution < -0.4 is 5.32 Å².